The monoisotopic (exact) mass is 427 g/mol. The first-order chi connectivity index (χ1) is 13.3. The van der Waals surface area contributed by atoms with E-state index in [0.29, 0.717) is 12.1 Å². The second kappa shape index (κ2) is 9.75. The Balaban J connectivity index is 3.03. The van der Waals surface area contributed by atoms with Crippen molar-refractivity contribution in [2.45, 2.75) is 51.0 Å². The van der Waals surface area contributed by atoms with Gasteiger partial charge in [0.25, 0.3) is 0 Å². The van der Waals surface area contributed by atoms with Gasteiger partial charge in [0.05, 0.1) is 24.7 Å². The normalized spacial score (nSPS) is 13.0. The lowest BCUT2D eigenvalue weighted by Crippen LogP contribution is -2.42. The van der Waals surface area contributed by atoms with E-state index in [0.717, 1.165) is 7.11 Å². The molecule has 0 aliphatic carbocycles. The number of amides is 1. The van der Waals surface area contributed by atoms with Gasteiger partial charge in [0.2, 0.25) is 5.91 Å². The van der Waals surface area contributed by atoms with Crippen LogP contribution in [-0.4, -0.2) is 30.8 Å². The van der Waals surface area contributed by atoms with Crippen LogP contribution < -0.4 is 5.32 Å². The number of rotatable bonds is 8. The summed E-state index contributed by atoms with van der Waals surface area (Å²) in [7, 11) is 1.03. The molecular weight excluding hydrogens is 408 g/mol. The molecule has 162 valence electrons. The van der Waals surface area contributed by atoms with Crippen LogP contribution in [0.25, 0.3) is 0 Å². The molecule has 0 saturated heterocycles. The van der Waals surface area contributed by atoms with Crippen molar-refractivity contribution in [1.82, 2.24) is 5.32 Å². The standard InChI is InChI=1S/C18H19F6NO4/c1-3-13(26)4-5-14(16(28)29-2)25-15(27)8-10-6-11(17(19,20)21)9-12(7-10)18(22,23)24/h6-7,9,14H,3-5,8H2,1-2H3,(H,25,27)/t14-/m0/s1. The van der Waals surface area contributed by atoms with Crippen molar-refractivity contribution in [2.24, 2.45) is 0 Å². The molecule has 1 N–H and O–H groups in total. The summed E-state index contributed by atoms with van der Waals surface area (Å²) in [6.07, 6.45) is -10.9. The molecule has 0 saturated carbocycles. The van der Waals surface area contributed by atoms with E-state index >= 15 is 0 Å². The van der Waals surface area contributed by atoms with E-state index in [2.05, 4.69) is 10.1 Å². The fourth-order valence-electron chi connectivity index (χ4n) is 2.43. The van der Waals surface area contributed by atoms with Crippen molar-refractivity contribution >= 4 is 17.7 Å². The molecule has 0 fully saturated rings. The number of hydrogen-bond donors (Lipinski definition) is 1. The molecule has 0 aliphatic rings. The van der Waals surface area contributed by atoms with Crippen LogP contribution in [0.15, 0.2) is 18.2 Å². The van der Waals surface area contributed by atoms with Crippen LogP contribution in [0.5, 0.6) is 0 Å². The molecule has 1 amide bonds. The fourth-order valence-corrected chi connectivity index (χ4v) is 2.43. The van der Waals surface area contributed by atoms with Gasteiger partial charge in [-0.25, -0.2) is 4.79 Å². The van der Waals surface area contributed by atoms with E-state index in [4.69, 9.17) is 0 Å². The topological polar surface area (TPSA) is 72.5 Å². The molecule has 1 rings (SSSR count). The summed E-state index contributed by atoms with van der Waals surface area (Å²) in [4.78, 5) is 35.2. The Morgan fingerprint density at radius 3 is 1.93 bits per heavy atom. The highest BCUT2D eigenvalue weighted by atomic mass is 19.4. The highest BCUT2D eigenvalue weighted by Crippen LogP contribution is 2.36. The minimum absolute atomic E-state index is 0.0466. The van der Waals surface area contributed by atoms with Crippen LogP contribution in [0.1, 0.15) is 42.9 Å². The number of Topliss-reactive ketones (excluding diaryl/α,β-unsaturated/α-hetero) is 1. The molecule has 0 aromatic heterocycles. The van der Waals surface area contributed by atoms with Crippen LogP contribution in [0.2, 0.25) is 0 Å². The van der Waals surface area contributed by atoms with Gasteiger partial charge in [-0.05, 0) is 30.2 Å². The molecule has 0 bridgehead atoms. The number of ketones is 1. The van der Waals surface area contributed by atoms with Gasteiger partial charge in [-0.15, -0.1) is 0 Å². The number of carbonyl (C=O) groups excluding carboxylic acids is 3. The minimum Gasteiger partial charge on any atom is -0.467 e. The van der Waals surface area contributed by atoms with Gasteiger partial charge >= 0.3 is 18.3 Å². The molecule has 11 heteroatoms. The Bertz CT molecular complexity index is 725. The average Bonchev–Trinajstić information content (AvgIpc) is 2.62. The number of ether oxygens (including phenoxy) is 1. The smallest absolute Gasteiger partial charge is 0.416 e. The summed E-state index contributed by atoms with van der Waals surface area (Å²) < 4.78 is 81.8. The van der Waals surface area contributed by atoms with Gasteiger partial charge in [0.1, 0.15) is 11.8 Å². The summed E-state index contributed by atoms with van der Waals surface area (Å²) >= 11 is 0. The SMILES string of the molecule is CCC(=O)CC[C@H](NC(=O)Cc1cc(C(F)(F)F)cc(C(F)(F)F)c1)C(=O)OC. The maximum Gasteiger partial charge on any atom is 0.416 e. The number of hydrogen-bond acceptors (Lipinski definition) is 4. The highest BCUT2D eigenvalue weighted by Gasteiger charge is 2.37. The maximum absolute atomic E-state index is 12.9. The van der Waals surface area contributed by atoms with Gasteiger partial charge in [-0.1, -0.05) is 6.92 Å². The molecule has 5 nitrogen and oxygen atoms in total. The van der Waals surface area contributed by atoms with Crippen LogP contribution in [0, 0.1) is 0 Å². The third-order valence-corrected chi connectivity index (χ3v) is 3.94. The van der Waals surface area contributed by atoms with Gasteiger partial charge in [0, 0.05) is 12.8 Å². The molecule has 1 aromatic carbocycles. The first-order valence-corrected chi connectivity index (χ1v) is 8.45. The Morgan fingerprint density at radius 2 is 1.52 bits per heavy atom. The third-order valence-electron chi connectivity index (χ3n) is 3.94. The number of benzene rings is 1. The number of carbonyl (C=O) groups is 3. The zero-order chi connectivity index (χ0) is 22.4. The predicted molar refractivity (Wildman–Crippen MR) is 88.6 cm³/mol. The van der Waals surface area contributed by atoms with Crippen LogP contribution >= 0.6 is 0 Å². The summed E-state index contributed by atoms with van der Waals surface area (Å²) in [6.45, 7) is 1.60. The zero-order valence-electron chi connectivity index (χ0n) is 15.5. The van der Waals surface area contributed by atoms with Crippen LogP contribution in [0.4, 0.5) is 26.3 Å². The first kappa shape index (κ1) is 24.4. The Kier molecular flexibility index (Phi) is 8.22. The van der Waals surface area contributed by atoms with E-state index in [9.17, 15) is 40.7 Å². The Hall–Kier alpha value is -2.59. The molecule has 0 unspecified atom stereocenters. The lowest BCUT2D eigenvalue weighted by molar-refractivity contribution is -0.145. The van der Waals surface area contributed by atoms with Crippen LogP contribution in [-0.2, 0) is 37.9 Å². The molecular formula is C18H19F6NO4. The summed E-state index contributed by atoms with van der Waals surface area (Å²) in [5.74, 6) is -2.07. The second-order valence-electron chi connectivity index (χ2n) is 6.17. The molecule has 0 aliphatic heterocycles. The number of esters is 1. The lowest BCUT2D eigenvalue weighted by Gasteiger charge is -2.17. The second-order valence-corrected chi connectivity index (χ2v) is 6.17. The Morgan fingerprint density at radius 1 is 1.00 bits per heavy atom. The van der Waals surface area contributed by atoms with Crippen LogP contribution in [0.3, 0.4) is 0 Å². The zero-order valence-corrected chi connectivity index (χ0v) is 15.5. The number of nitrogens with one attached hydrogen (secondary N) is 1. The summed E-state index contributed by atoms with van der Waals surface area (Å²) in [5.41, 5.74) is -3.63. The van der Waals surface area contributed by atoms with Crippen molar-refractivity contribution in [1.29, 1.82) is 0 Å². The average molecular weight is 427 g/mol. The van der Waals surface area contributed by atoms with Crippen molar-refractivity contribution in [3.8, 4) is 0 Å². The van der Waals surface area contributed by atoms with Crippen molar-refractivity contribution in [3.63, 3.8) is 0 Å². The third kappa shape index (κ3) is 7.74. The van der Waals surface area contributed by atoms with Gasteiger partial charge in [-0.3, -0.25) is 9.59 Å². The Labute approximate surface area is 162 Å². The first-order valence-electron chi connectivity index (χ1n) is 8.45. The number of halogens is 6. The predicted octanol–water partition coefficient (Wildman–Crippen LogP) is 3.68. The highest BCUT2D eigenvalue weighted by molar-refractivity contribution is 5.86. The van der Waals surface area contributed by atoms with Gasteiger partial charge in [0.15, 0.2) is 0 Å². The van der Waals surface area contributed by atoms with Crippen molar-refractivity contribution in [2.75, 3.05) is 7.11 Å². The van der Waals surface area contributed by atoms with E-state index in [1.54, 1.807) is 6.92 Å². The lowest BCUT2D eigenvalue weighted by atomic mass is 10.0. The maximum atomic E-state index is 12.9. The minimum atomic E-state index is -5.04. The summed E-state index contributed by atoms with van der Waals surface area (Å²) in [6, 6.07) is -0.434. The largest absolute Gasteiger partial charge is 0.467 e. The molecule has 29 heavy (non-hydrogen) atoms. The quantitative estimate of drug-likeness (QED) is 0.508. The number of methoxy groups -OCH3 is 1. The van der Waals surface area contributed by atoms with E-state index in [-0.39, 0.29) is 31.1 Å². The van der Waals surface area contributed by atoms with Gasteiger partial charge in [-0.2, -0.15) is 26.3 Å². The van der Waals surface area contributed by atoms with Crippen molar-refractivity contribution < 1.29 is 45.5 Å². The number of alkyl halides is 6. The molecule has 0 heterocycles. The fraction of sp³-hybridized carbons (Fsp3) is 0.500. The molecule has 1 atom stereocenters. The van der Waals surface area contributed by atoms with E-state index in [1.165, 1.54) is 0 Å². The van der Waals surface area contributed by atoms with E-state index in [1.807, 2.05) is 0 Å². The van der Waals surface area contributed by atoms with Gasteiger partial charge < -0.3 is 10.1 Å². The summed E-state index contributed by atoms with van der Waals surface area (Å²) in [5, 5.41) is 2.18. The molecule has 0 radical (unpaired) electrons. The van der Waals surface area contributed by atoms with E-state index < -0.39 is 53.4 Å². The van der Waals surface area contributed by atoms with Crippen molar-refractivity contribution in [3.05, 3.63) is 34.9 Å². The molecule has 1 aromatic rings. The molecule has 0 spiro atoms.